The highest BCUT2D eigenvalue weighted by Crippen LogP contribution is 2.30. The first kappa shape index (κ1) is 19.2. The van der Waals surface area contributed by atoms with Gasteiger partial charge in [0.05, 0.1) is 7.11 Å². The molecule has 2 heterocycles. The largest absolute Gasteiger partial charge is 0.495 e. The fraction of sp³-hybridized carbons (Fsp3) is 0.588. The molecule has 1 N–H and O–H groups in total. The van der Waals surface area contributed by atoms with E-state index in [9.17, 15) is 14.4 Å². The average Bonchev–Trinajstić information content (AvgIpc) is 2.77. The molecule has 1 atom stereocenters. The van der Waals surface area contributed by atoms with Crippen molar-refractivity contribution in [1.29, 1.82) is 0 Å². The van der Waals surface area contributed by atoms with E-state index in [2.05, 4.69) is 0 Å². The number of carbonyl (C=O) groups excluding carboxylic acids is 2. The Balaban J connectivity index is 2.08. The number of ether oxygens (including phenoxy) is 1. The second kappa shape index (κ2) is 8.33. The molecule has 2 amide bonds. The van der Waals surface area contributed by atoms with Crippen LogP contribution in [0.5, 0.6) is 5.75 Å². The van der Waals surface area contributed by atoms with Gasteiger partial charge in [0.2, 0.25) is 5.91 Å². The van der Waals surface area contributed by atoms with E-state index in [0.29, 0.717) is 36.6 Å². The second-order valence-electron chi connectivity index (χ2n) is 6.17. The van der Waals surface area contributed by atoms with Crippen molar-refractivity contribution >= 4 is 29.1 Å². The molecule has 7 nitrogen and oxygen atoms in total. The summed E-state index contributed by atoms with van der Waals surface area (Å²) in [6, 6.07) is 1.70. The number of carbonyl (C=O) groups is 3. The lowest BCUT2D eigenvalue weighted by molar-refractivity contribution is -0.145. The van der Waals surface area contributed by atoms with Crippen molar-refractivity contribution in [1.82, 2.24) is 9.80 Å². The van der Waals surface area contributed by atoms with Gasteiger partial charge in [0.15, 0.2) is 0 Å². The summed E-state index contributed by atoms with van der Waals surface area (Å²) in [6.07, 6.45) is 2.00. The number of amides is 2. The van der Waals surface area contributed by atoms with Crippen molar-refractivity contribution in [2.45, 2.75) is 39.2 Å². The van der Waals surface area contributed by atoms with Crippen LogP contribution < -0.4 is 4.74 Å². The highest BCUT2D eigenvalue weighted by Gasteiger charge is 2.29. The molecule has 0 aliphatic carbocycles. The minimum Gasteiger partial charge on any atom is -0.495 e. The van der Waals surface area contributed by atoms with Crippen molar-refractivity contribution in [3.05, 3.63) is 15.8 Å². The van der Waals surface area contributed by atoms with E-state index in [1.54, 1.807) is 12.0 Å². The zero-order valence-corrected chi connectivity index (χ0v) is 15.6. The Labute approximate surface area is 151 Å². The van der Waals surface area contributed by atoms with Crippen LogP contribution in [0.25, 0.3) is 0 Å². The second-order valence-corrected chi connectivity index (χ2v) is 7.43. The molecule has 0 radical (unpaired) electrons. The van der Waals surface area contributed by atoms with Crippen LogP contribution in [-0.2, 0) is 9.59 Å². The Hall–Kier alpha value is -2.09. The third kappa shape index (κ3) is 4.72. The summed E-state index contributed by atoms with van der Waals surface area (Å²) in [6.45, 7) is 4.10. The zero-order valence-electron chi connectivity index (χ0n) is 14.8. The Morgan fingerprint density at radius 1 is 1.36 bits per heavy atom. The summed E-state index contributed by atoms with van der Waals surface area (Å²) < 4.78 is 5.29. The van der Waals surface area contributed by atoms with Gasteiger partial charge in [-0.3, -0.25) is 14.4 Å². The van der Waals surface area contributed by atoms with Crippen molar-refractivity contribution < 1.29 is 24.2 Å². The van der Waals surface area contributed by atoms with Crippen LogP contribution >= 0.6 is 11.3 Å². The van der Waals surface area contributed by atoms with Crippen LogP contribution in [0.2, 0.25) is 0 Å². The van der Waals surface area contributed by atoms with Gasteiger partial charge in [0.1, 0.15) is 17.2 Å². The summed E-state index contributed by atoms with van der Waals surface area (Å²) >= 11 is 1.41. The lowest BCUT2D eigenvalue weighted by Crippen LogP contribution is -2.43. The van der Waals surface area contributed by atoms with Gasteiger partial charge in [-0.05, 0) is 32.3 Å². The summed E-state index contributed by atoms with van der Waals surface area (Å²) in [5.74, 6) is -0.748. The maximum atomic E-state index is 12.8. The van der Waals surface area contributed by atoms with E-state index in [4.69, 9.17) is 9.84 Å². The van der Waals surface area contributed by atoms with E-state index in [1.165, 1.54) is 23.2 Å². The van der Waals surface area contributed by atoms with Gasteiger partial charge >= 0.3 is 5.97 Å². The molecular formula is C17H24N2O5S. The van der Waals surface area contributed by atoms with Crippen LogP contribution in [0.1, 0.15) is 40.7 Å². The van der Waals surface area contributed by atoms with Gasteiger partial charge in [-0.15, -0.1) is 11.3 Å². The Morgan fingerprint density at radius 3 is 2.68 bits per heavy atom. The third-order valence-corrected chi connectivity index (χ3v) is 5.39. The number of hydrogen-bond acceptors (Lipinski definition) is 5. The van der Waals surface area contributed by atoms with E-state index in [0.717, 1.165) is 11.3 Å². The molecule has 138 valence electrons. The van der Waals surface area contributed by atoms with E-state index < -0.39 is 5.97 Å². The number of nitrogens with zero attached hydrogens (tertiary/aromatic N) is 2. The first-order valence-corrected chi connectivity index (χ1v) is 9.07. The highest BCUT2D eigenvalue weighted by atomic mass is 32.1. The van der Waals surface area contributed by atoms with Gasteiger partial charge in [-0.1, -0.05) is 0 Å². The summed E-state index contributed by atoms with van der Waals surface area (Å²) in [7, 11) is 1.55. The van der Waals surface area contributed by atoms with Crippen LogP contribution in [0.15, 0.2) is 6.07 Å². The van der Waals surface area contributed by atoms with Crippen LogP contribution in [0.4, 0.5) is 0 Å². The SMILES string of the molecule is COc1cc(C)sc1C(=O)N1CCCC(N(CC(=O)O)C(C)=O)CC1. The van der Waals surface area contributed by atoms with Gasteiger partial charge in [-0.25, -0.2) is 0 Å². The fourth-order valence-corrected chi connectivity index (χ4v) is 4.12. The third-order valence-electron chi connectivity index (χ3n) is 4.37. The molecule has 0 spiro atoms. The van der Waals surface area contributed by atoms with E-state index in [-0.39, 0.29) is 24.4 Å². The molecule has 0 bridgehead atoms. The molecule has 1 fully saturated rings. The van der Waals surface area contributed by atoms with Crippen LogP contribution in [0.3, 0.4) is 0 Å². The van der Waals surface area contributed by atoms with Crippen molar-refractivity contribution in [2.24, 2.45) is 0 Å². The maximum absolute atomic E-state index is 12.8. The number of carboxylic acids is 1. The lowest BCUT2D eigenvalue weighted by Gasteiger charge is -2.28. The first-order valence-electron chi connectivity index (χ1n) is 8.26. The van der Waals surface area contributed by atoms with E-state index >= 15 is 0 Å². The van der Waals surface area contributed by atoms with Crippen LogP contribution in [-0.4, -0.2) is 65.5 Å². The number of carboxylic acid groups (broad SMARTS) is 1. The number of aryl methyl sites for hydroxylation is 1. The van der Waals surface area contributed by atoms with Crippen molar-refractivity contribution in [3.63, 3.8) is 0 Å². The number of hydrogen-bond donors (Lipinski definition) is 1. The van der Waals surface area contributed by atoms with Crippen molar-refractivity contribution in [3.8, 4) is 5.75 Å². The Bertz CT molecular complexity index is 657. The van der Waals surface area contributed by atoms with Gasteiger partial charge in [-0.2, -0.15) is 0 Å². The number of methoxy groups -OCH3 is 1. The number of rotatable bonds is 5. The predicted molar refractivity (Wildman–Crippen MR) is 94.2 cm³/mol. The molecule has 1 aliphatic rings. The maximum Gasteiger partial charge on any atom is 0.323 e. The Morgan fingerprint density at radius 2 is 2.08 bits per heavy atom. The molecule has 2 rings (SSSR count). The summed E-state index contributed by atoms with van der Waals surface area (Å²) in [5, 5.41) is 9.01. The number of thiophene rings is 1. The molecule has 8 heteroatoms. The Kier molecular flexibility index (Phi) is 6.41. The number of aliphatic carboxylic acids is 1. The lowest BCUT2D eigenvalue weighted by atomic mass is 10.1. The summed E-state index contributed by atoms with van der Waals surface area (Å²) in [4.78, 5) is 40.4. The monoisotopic (exact) mass is 368 g/mol. The van der Waals surface area contributed by atoms with Gasteiger partial charge < -0.3 is 19.6 Å². The molecule has 1 unspecified atom stereocenters. The standard InChI is InChI=1S/C17H24N2O5S/c1-11-9-14(24-3)16(25-11)17(23)18-7-4-5-13(6-8-18)19(12(2)20)10-15(21)22/h9,13H,4-8,10H2,1-3H3,(H,21,22). The molecule has 25 heavy (non-hydrogen) atoms. The van der Waals surface area contributed by atoms with Crippen LogP contribution in [0, 0.1) is 6.92 Å². The molecule has 1 aliphatic heterocycles. The zero-order chi connectivity index (χ0) is 18.6. The van der Waals surface area contributed by atoms with Gasteiger partial charge in [0.25, 0.3) is 5.91 Å². The molecule has 1 aromatic rings. The number of likely N-dealkylation sites (tertiary alicyclic amines) is 1. The normalized spacial score (nSPS) is 17.7. The average molecular weight is 368 g/mol. The van der Waals surface area contributed by atoms with Crippen molar-refractivity contribution in [2.75, 3.05) is 26.7 Å². The first-order chi connectivity index (χ1) is 11.8. The topological polar surface area (TPSA) is 87.2 Å². The predicted octanol–water partition coefficient (Wildman–Crippen LogP) is 1.99. The molecule has 1 saturated heterocycles. The summed E-state index contributed by atoms with van der Waals surface area (Å²) in [5.41, 5.74) is 0. The molecular weight excluding hydrogens is 344 g/mol. The quantitative estimate of drug-likeness (QED) is 0.859. The highest BCUT2D eigenvalue weighted by molar-refractivity contribution is 7.14. The minimum atomic E-state index is -1.02. The molecule has 0 aromatic carbocycles. The van der Waals surface area contributed by atoms with Gasteiger partial charge in [0, 0.05) is 30.9 Å². The minimum absolute atomic E-state index is 0.0665. The van der Waals surface area contributed by atoms with E-state index in [1.807, 2.05) is 13.0 Å². The molecule has 0 saturated carbocycles. The molecule has 1 aromatic heterocycles. The smallest absolute Gasteiger partial charge is 0.323 e. The fourth-order valence-electron chi connectivity index (χ4n) is 3.17.